The lowest BCUT2D eigenvalue weighted by Gasteiger charge is -2.16. The Balaban J connectivity index is 1.90. The highest BCUT2D eigenvalue weighted by Gasteiger charge is 2.20. The lowest BCUT2D eigenvalue weighted by molar-refractivity contribution is -0.385. The molecule has 1 fully saturated rings. The average molecular weight is 279 g/mol. The molecule has 1 unspecified atom stereocenters. The molecule has 0 aromatic heterocycles. The van der Waals surface area contributed by atoms with Crippen LogP contribution < -0.4 is 4.74 Å². The number of hydrogen-bond acceptors (Lipinski definition) is 4. The van der Waals surface area contributed by atoms with E-state index in [4.69, 9.17) is 4.74 Å². The number of rotatable bonds is 6. The van der Waals surface area contributed by atoms with E-state index in [0.29, 0.717) is 17.2 Å². The van der Waals surface area contributed by atoms with Crippen molar-refractivity contribution < 1.29 is 14.8 Å². The monoisotopic (exact) mass is 279 g/mol. The molecule has 1 N–H and O–H groups in total. The van der Waals surface area contributed by atoms with Gasteiger partial charge in [-0.3, -0.25) is 10.1 Å². The summed E-state index contributed by atoms with van der Waals surface area (Å²) in [6.07, 6.45) is 5.13. The van der Waals surface area contributed by atoms with Gasteiger partial charge in [0.15, 0.2) is 0 Å². The van der Waals surface area contributed by atoms with Crippen LogP contribution >= 0.6 is 0 Å². The van der Waals surface area contributed by atoms with Crippen LogP contribution in [-0.4, -0.2) is 22.7 Å². The highest BCUT2D eigenvalue weighted by Crippen LogP contribution is 2.30. The summed E-state index contributed by atoms with van der Waals surface area (Å²) in [5.74, 6) is 1.07. The van der Waals surface area contributed by atoms with Crippen molar-refractivity contribution >= 4 is 5.69 Å². The summed E-state index contributed by atoms with van der Waals surface area (Å²) >= 11 is 0. The van der Waals surface area contributed by atoms with Crippen molar-refractivity contribution in [3.63, 3.8) is 0 Å². The van der Waals surface area contributed by atoms with Crippen LogP contribution in [0.1, 0.15) is 37.7 Å². The predicted octanol–water partition coefficient (Wildman–Crippen LogP) is 3.22. The van der Waals surface area contributed by atoms with Gasteiger partial charge in [0, 0.05) is 6.07 Å². The standard InChI is InChI=1S/C15H21NO4/c1-11-14(16(18)19)7-4-8-15(11)20-10-13(17)9-12-5-2-3-6-12/h4,7-8,12-13,17H,2-3,5-6,9-10H2,1H3. The van der Waals surface area contributed by atoms with Crippen molar-refractivity contribution in [3.8, 4) is 5.75 Å². The number of benzene rings is 1. The van der Waals surface area contributed by atoms with Crippen molar-refractivity contribution in [2.45, 2.75) is 45.1 Å². The summed E-state index contributed by atoms with van der Waals surface area (Å²) in [6.45, 7) is 1.86. The Kier molecular flexibility index (Phi) is 4.95. The highest BCUT2D eigenvalue weighted by atomic mass is 16.6. The van der Waals surface area contributed by atoms with Crippen molar-refractivity contribution in [3.05, 3.63) is 33.9 Å². The minimum atomic E-state index is -0.503. The van der Waals surface area contributed by atoms with Crippen LogP contribution in [0.15, 0.2) is 18.2 Å². The number of nitro groups is 1. The minimum absolute atomic E-state index is 0.0489. The normalized spacial score (nSPS) is 17.1. The molecule has 0 saturated heterocycles. The molecule has 1 atom stereocenters. The fraction of sp³-hybridized carbons (Fsp3) is 0.600. The molecule has 1 aliphatic carbocycles. The molecule has 5 heteroatoms. The summed E-state index contributed by atoms with van der Waals surface area (Å²) in [5.41, 5.74) is 0.554. The second-order valence-electron chi connectivity index (χ2n) is 5.51. The predicted molar refractivity (Wildman–Crippen MR) is 75.9 cm³/mol. The van der Waals surface area contributed by atoms with Crippen LogP contribution in [0.4, 0.5) is 5.69 Å². The van der Waals surface area contributed by atoms with Gasteiger partial charge in [0.1, 0.15) is 12.4 Å². The second kappa shape index (κ2) is 6.70. The molecular formula is C15H21NO4. The highest BCUT2D eigenvalue weighted by molar-refractivity contribution is 5.48. The van der Waals surface area contributed by atoms with E-state index < -0.39 is 11.0 Å². The zero-order valence-corrected chi connectivity index (χ0v) is 11.7. The van der Waals surface area contributed by atoms with Crippen LogP contribution in [0.25, 0.3) is 0 Å². The molecule has 0 aliphatic heterocycles. The molecule has 2 rings (SSSR count). The fourth-order valence-corrected chi connectivity index (χ4v) is 2.84. The Labute approximate surface area is 118 Å². The lowest BCUT2D eigenvalue weighted by atomic mass is 10.0. The van der Waals surface area contributed by atoms with Gasteiger partial charge in [-0.05, 0) is 25.3 Å². The molecular weight excluding hydrogens is 258 g/mol. The van der Waals surface area contributed by atoms with Crippen LogP contribution in [-0.2, 0) is 0 Å². The van der Waals surface area contributed by atoms with Crippen molar-refractivity contribution in [2.24, 2.45) is 5.92 Å². The van der Waals surface area contributed by atoms with Gasteiger partial charge in [-0.25, -0.2) is 0 Å². The van der Waals surface area contributed by atoms with Crippen LogP contribution in [0.5, 0.6) is 5.75 Å². The zero-order chi connectivity index (χ0) is 14.5. The maximum atomic E-state index is 10.8. The molecule has 0 spiro atoms. The summed E-state index contributed by atoms with van der Waals surface area (Å²) < 4.78 is 5.55. The fourth-order valence-electron chi connectivity index (χ4n) is 2.84. The third-order valence-electron chi connectivity index (χ3n) is 3.96. The Morgan fingerprint density at radius 3 is 2.80 bits per heavy atom. The van der Waals surface area contributed by atoms with E-state index in [0.717, 1.165) is 6.42 Å². The quantitative estimate of drug-likeness (QED) is 0.641. The number of aliphatic hydroxyl groups excluding tert-OH is 1. The van der Waals surface area contributed by atoms with Crippen LogP contribution in [0.2, 0.25) is 0 Å². The second-order valence-corrected chi connectivity index (χ2v) is 5.51. The first-order valence-electron chi connectivity index (χ1n) is 7.13. The summed E-state index contributed by atoms with van der Waals surface area (Å²) in [7, 11) is 0. The molecule has 110 valence electrons. The van der Waals surface area contributed by atoms with E-state index in [2.05, 4.69) is 0 Å². The van der Waals surface area contributed by atoms with Gasteiger partial charge in [-0.15, -0.1) is 0 Å². The van der Waals surface area contributed by atoms with Gasteiger partial charge >= 0.3 is 0 Å². The van der Waals surface area contributed by atoms with E-state index in [-0.39, 0.29) is 12.3 Å². The Hall–Kier alpha value is -1.62. The van der Waals surface area contributed by atoms with Gasteiger partial charge in [0.05, 0.1) is 16.6 Å². The molecule has 20 heavy (non-hydrogen) atoms. The van der Waals surface area contributed by atoms with E-state index in [9.17, 15) is 15.2 Å². The average Bonchev–Trinajstić information content (AvgIpc) is 2.90. The number of aliphatic hydroxyl groups is 1. The summed E-state index contributed by atoms with van der Waals surface area (Å²) in [4.78, 5) is 10.4. The number of nitrogens with zero attached hydrogens (tertiary/aromatic N) is 1. The largest absolute Gasteiger partial charge is 0.490 e. The van der Waals surface area contributed by atoms with E-state index in [1.165, 1.54) is 31.7 Å². The van der Waals surface area contributed by atoms with Gasteiger partial charge in [0.2, 0.25) is 0 Å². The SMILES string of the molecule is Cc1c(OCC(O)CC2CCCC2)cccc1[N+](=O)[O-]. The van der Waals surface area contributed by atoms with Gasteiger partial charge in [-0.1, -0.05) is 31.7 Å². The molecule has 1 aliphatic rings. The number of hydrogen-bond donors (Lipinski definition) is 1. The molecule has 0 radical (unpaired) electrons. The molecule has 0 bridgehead atoms. The van der Waals surface area contributed by atoms with E-state index >= 15 is 0 Å². The third-order valence-corrected chi connectivity index (χ3v) is 3.96. The van der Waals surface area contributed by atoms with Crippen molar-refractivity contribution in [2.75, 3.05) is 6.61 Å². The van der Waals surface area contributed by atoms with Crippen LogP contribution in [0, 0.1) is 23.0 Å². The third kappa shape index (κ3) is 3.70. The summed E-state index contributed by atoms with van der Waals surface area (Å²) in [6, 6.07) is 4.76. The maximum absolute atomic E-state index is 10.8. The lowest BCUT2D eigenvalue weighted by Crippen LogP contribution is -2.20. The molecule has 0 heterocycles. The zero-order valence-electron chi connectivity index (χ0n) is 11.7. The van der Waals surface area contributed by atoms with Crippen molar-refractivity contribution in [1.82, 2.24) is 0 Å². The smallest absolute Gasteiger partial charge is 0.276 e. The van der Waals surface area contributed by atoms with Gasteiger partial charge in [-0.2, -0.15) is 0 Å². The molecule has 5 nitrogen and oxygen atoms in total. The topological polar surface area (TPSA) is 72.6 Å². The number of ether oxygens (including phenoxy) is 1. The van der Waals surface area contributed by atoms with Gasteiger partial charge in [0.25, 0.3) is 5.69 Å². The first kappa shape index (κ1) is 14.8. The molecule has 1 aromatic carbocycles. The first-order valence-corrected chi connectivity index (χ1v) is 7.13. The molecule has 1 aromatic rings. The Morgan fingerprint density at radius 2 is 2.15 bits per heavy atom. The van der Waals surface area contributed by atoms with E-state index in [1.807, 2.05) is 0 Å². The Morgan fingerprint density at radius 1 is 1.45 bits per heavy atom. The first-order chi connectivity index (χ1) is 9.58. The summed E-state index contributed by atoms with van der Waals surface area (Å²) in [5, 5.41) is 20.8. The molecule has 1 saturated carbocycles. The van der Waals surface area contributed by atoms with Gasteiger partial charge < -0.3 is 9.84 Å². The Bertz CT molecular complexity index is 469. The van der Waals surface area contributed by atoms with Crippen molar-refractivity contribution in [1.29, 1.82) is 0 Å². The van der Waals surface area contributed by atoms with Crippen LogP contribution in [0.3, 0.4) is 0 Å². The minimum Gasteiger partial charge on any atom is -0.490 e. The number of nitro benzene ring substituents is 1. The maximum Gasteiger partial charge on any atom is 0.276 e. The molecule has 0 amide bonds. The van der Waals surface area contributed by atoms with E-state index in [1.54, 1.807) is 19.1 Å².